The Hall–Kier alpha value is -3.15. The van der Waals surface area contributed by atoms with Gasteiger partial charge >= 0.3 is 0 Å². The maximum Gasteiger partial charge on any atom is 0.259 e. The van der Waals surface area contributed by atoms with Crippen LogP contribution in [-0.2, 0) is 0 Å². The van der Waals surface area contributed by atoms with Crippen LogP contribution in [-0.4, -0.2) is 25.8 Å². The van der Waals surface area contributed by atoms with Crippen LogP contribution in [0.25, 0.3) is 5.82 Å². The van der Waals surface area contributed by atoms with Crippen molar-refractivity contribution in [2.45, 2.75) is 6.92 Å². The van der Waals surface area contributed by atoms with Gasteiger partial charge in [0.1, 0.15) is 5.75 Å². The zero-order chi connectivity index (χ0) is 15.5. The van der Waals surface area contributed by atoms with E-state index in [1.807, 2.05) is 18.2 Å². The number of aromatic hydroxyl groups is 1. The van der Waals surface area contributed by atoms with E-state index in [1.54, 1.807) is 36.0 Å². The van der Waals surface area contributed by atoms with Crippen molar-refractivity contribution in [1.29, 1.82) is 0 Å². The number of nitrogens with zero attached hydrogens (tertiary/aromatic N) is 3. The van der Waals surface area contributed by atoms with Crippen LogP contribution >= 0.6 is 0 Å². The number of nitrogens with one attached hydrogen (secondary N) is 1. The largest absolute Gasteiger partial charge is 0.508 e. The molecule has 2 aromatic heterocycles. The predicted octanol–water partition coefficient (Wildman–Crippen LogP) is 2.53. The number of hydrogen-bond donors (Lipinski definition) is 2. The van der Waals surface area contributed by atoms with Crippen LogP contribution in [0, 0.1) is 6.92 Å². The summed E-state index contributed by atoms with van der Waals surface area (Å²) >= 11 is 0. The van der Waals surface area contributed by atoms with Gasteiger partial charge in [-0.3, -0.25) is 4.79 Å². The summed E-state index contributed by atoms with van der Waals surface area (Å²) in [4.78, 5) is 16.5. The minimum atomic E-state index is -0.287. The van der Waals surface area contributed by atoms with E-state index in [-0.39, 0.29) is 11.7 Å². The topological polar surface area (TPSA) is 80.0 Å². The maximum absolute atomic E-state index is 12.3. The van der Waals surface area contributed by atoms with Gasteiger partial charge in [-0.05, 0) is 31.2 Å². The number of amides is 1. The molecule has 6 heteroatoms. The summed E-state index contributed by atoms with van der Waals surface area (Å²) in [5, 5.41) is 16.4. The average molecular weight is 294 g/mol. The van der Waals surface area contributed by atoms with E-state index in [0.29, 0.717) is 22.8 Å². The molecule has 6 nitrogen and oxygen atoms in total. The standard InChI is InChI=1S/C16H14N4O2/c1-11-14(10-18-20(11)15-7-2-3-8-17-15)16(22)19-12-5-4-6-13(21)9-12/h2-10,21H,1H3,(H,19,22). The molecule has 0 atom stereocenters. The number of pyridine rings is 1. The first kappa shape index (κ1) is 13.8. The fourth-order valence-corrected chi connectivity index (χ4v) is 2.12. The molecule has 0 spiro atoms. The molecule has 0 fully saturated rings. The molecule has 0 aliphatic rings. The molecule has 0 aliphatic heterocycles. The van der Waals surface area contributed by atoms with Gasteiger partial charge in [-0.15, -0.1) is 0 Å². The van der Waals surface area contributed by atoms with Gasteiger partial charge in [0.15, 0.2) is 5.82 Å². The Bertz CT molecular complexity index is 812. The number of carbonyl (C=O) groups is 1. The molecule has 0 radical (unpaired) electrons. The molecule has 22 heavy (non-hydrogen) atoms. The van der Waals surface area contributed by atoms with Crippen molar-refractivity contribution in [2.75, 3.05) is 5.32 Å². The van der Waals surface area contributed by atoms with Crippen LogP contribution in [0.15, 0.2) is 54.9 Å². The number of phenolic OH excluding ortho intramolecular Hbond substituents is 1. The van der Waals surface area contributed by atoms with Crippen molar-refractivity contribution in [3.05, 3.63) is 66.1 Å². The molecular formula is C16H14N4O2. The highest BCUT2D eigenvalue weighted by molar-refractivity contribution is 6.05. The smallest absolute Gasteiger partial charge is 0.259 e. The van der Waals surface area contributed by atoms with Crippen molar-refractivity contribution in [3.8, 4) is 11.6 Å². The van der Waals surface area contributed by atoms with Crippen LogP contribution in [0.4, 0.5) is 5.69 Å². The first-order valence-corrected chi connectivity index (χ1v) is 6.71. The summed E-state index contributed by atoms with van der Waals surface area (Å²) in [5.41, 5.74) is 1.67. The number of carbonyl (C=O) groups excluding carboxylic acids is 1. The summed E-state index contributed by atoms with van der Waals surface area (Å²) in [6.45, 7) is 1.80. The van der Waals surface area contributed by atoms with Gasteiger partial charge < -0.3 is 10.4 Å². The fourth-order valence-electron chi connectivity index (χ4n) is 2.12. The molecule has 110 valence electrons. The number of aromatic nitrogens is 3. The molecule has 0 bridgehead atoms. The summed E-state index contributed by atoms with van der Waals surface area (Å²) in [7, 11) is 0. The number of hydrogen-bond acceptors (Lipinski definition) is 4. The van der Waals surface area contributed by atoms with Gasteiger partial charge in [0.05, 0.1) is 17.5 Å². The Balaban J connectivity index is 1.87. The van der Waals surface area contributed by atoms with E-state index >= 15 is 0 Å². The van der Waals surface area contributed by atoms with Crippen molar-refractivity contribution in [2.24, 2.45) is 0 Å². The van der Waals surface area contributed by atoms with E-state index < -0.39 is 0 Å². The molecular weight excluding hydrogens is 280 g/mol. The lowest BCUT2D eigenvalue weighted by molar-refractivity contribution is 0.102. The lowest BCUT2D eigenvalue weighted by Crippen LogP contribution is -2.13. The SMILES string of the molecule is Cc1c(C(=O)Nc2cccc(O)c2)cnn1-c1ccccn1. The summed E-state index contributed by atoms with van der Waals surface area (Å²) < 4.78 is 1.61. The second-order valence-electron chi connectivity index (χ2n) is 4.75. The van der Waals surface area contributed by atoms with Crippen LogP contribution in [0.1, 0.15) is 16.1 Å². The fraction of sp³-hybridized carbons (Fsp3) is 0.0625. The molecule has 0 saturated heterocycles. The van der Waals surface area contributed by atoms with Gasteiger partial charge in [0.2, 0.25) is 0 Å². The van der Waals surface area contributed by atoms with Crippen molar-refractivity contribution in [1.82, 2.24) is 14.8 Å². The van der Waals surface area contributed by atoms with Crippen LogP contribution < -0.4 is 5.32 Å². The summed E-state index contributed by atoms with van der Waals surface area (Å²) in [6, 6.07) is 11.9. The van der Waals surface area contributed by atoms with Gasteiger partial charge in [0, 0.05) is 18.0 Å². The number of anilines is 1. The quantitative estimate of drug-likeness (QED) is 0.778. The third-order valence-corrected chi connectivity index (χ3v) is 3.22. The van der Waals surface area contributed by atoms with Crippen LogP contribution in [0.2, 0.25) is 0 Å². The van der Waals surface area contributed by atoms with Crippen molar-refractivity contribution in [3.63, 3.8) is 0 Å². The normalized spacial score (nSPS) is 10.4. The van der Waals surface area contributed by atoms with Gasteiger partial charge in [0.25, 0.3) is 5.91 Å². The molecule has 3 rings (SSSR count). The van der Waals surface area contributed by atoms with Crippen molar-refractivity contribution < 1.29 is 9.90 Å². The zero-order valence-electron chi connectivity index (χ0n) is 11.9. The molecule has 0 saturated carbocycles. The minimum Gasteiger partial charge on any atom is -0.508 e. The molecule has 2 heterocycles. The number of phenols is 1. The molecule has 2 N–H and O–H groups in total. The van der Waals surface area contributed by atoms with Gasteiger partial charge in [-0.2, -0.15) is 5.10 Å². The van der Waals surface area contributed by atoms with Gasteiger partial charge in [-0.25, -0.2) is 9.67 Å². The zero-order valence-corrected chi connectivity index (χ0v) is 11.9. The van der Waals surface area contributed by atoms with Crippen LogP contribution in [0.3, 0.4) is 0 Å². The maximum atomic E-state index is 12.3. The van der Waals surface area contributed by atoms with Gasteiger partial charge in [-0.1, -0.05) is 12.1 Å². The monoisotopic (exact) mass is 294 g/mol. The molecule has 1 aromatic carbocycles. The Labute approximate surface area is 127 Å². The predicted molar refractivity (Wildman–Crippen MR) is 82.2 cm³/mol. The van der Waals surface area contributed by atoms with E-state index in [1.165, 1.54) is 12.3 Å². The third-order valence-electron chi connectivity index (χ3n) is 3.22. The van der Waals surface area contributed by atoms with Crippen molar-refractivity contribution >= 4 is 11.6 Å². The lowest BCUT2D eigenvalue weighted by atomic mass is 10.2. The second kappa shape index (κ2) is 5.69. The van der Waals surface area contributed by atoms with Crippen LogP contribution in [0.5, 0.6) is 5.75 Å². The molecule has 0 aliphatic carbocycles. The minimum absolute atomic E-state index is 0.0960. The van der Waals surface area contributed by atoms with E-state index in [4.69, 9.17) is 0 Å². The Morgan fingerprint density at radius 3 is 2.82 bits per heavy atom. The Kier molecular flexibility index (Phi) is 3.57. The van der Waals surface area contributed by atoms with E-state index in [0.717, 1.165) is 0 Å². The second-order valence-corrected chi connectivity index (χ2v) is 4.75. The molecule has 3 aromatic rings. The van der Waals surface area contributed by atoms with E-state index in [9.17, 15) is 9.90 Å². The lowest BCUT2D eigenvalue weighted by Gasteiger charge is -2.06. The number of benzene rings is 1. The highest BCUT2D eigenvalue weighted by atomic mass is 16.3. The Morgan fingerprint density at radius 2 is 2.09 bits per heavy atom. The molecule has 0 unspecified atom stereocenters. The summed E-state index contributed by atoms with van der Waals surface area (Å²) in [6.07, 6.45) is 3.17. The summed E-state index contributed by atoms with van der Waals surface area (Å²) in [5.74, 6) is 0.459. The van der Waals surface area contributed by atoms with E-state index in [2.05, 4.69) is 15.4 Å². The highest BCUT2D eigenvalue weighted by Crippen LogP contribution is 2.18. The first-order valence-electron chi connectivity index (χ1n) is 6.71. The highest BCUT2D eigenvalue weighted by Gasteiger charge is 2.15. The molecule has 1 amide bonds. The first-order chi connectivity index (χ1) is 10.6. The number of rotatable bonds is 3. The average Bonchev–Trinajstić information content (AvgIpc) is 2.90. The third kappa shape index (κ3) is 2.67. The Morgan fingerprint density at radius 1 is 1.23 bits per heavy atom.